The highest BCUT2D eigenvalue weighted by molar-refractivity contribution is 5.16. The Balaban J connectivity index is 1.79. The van der Waals surface area contributed by atoms with Crippen molar-refractivity contribution in [3.05, 3.63) is 24.5 Å². The molecular weight excluding hydrogens is 166 g/mol. The highest BCUT2D eigenvalue weighted by atomic mass is 16.5. The van der Waals surface area contributed by atoms with Gasteiger partial charge in [0.1, 0.15) is 12.4 Å². The molecule has 1 saturated heterocycles. The average molecular weight is 179 g/mol. The van der Waals surface area contributed by atoms with Gasteiger partial charge in [-0.3, -0.25) is 4.98 Å². The first-order valence-electron chi connectivity index (χ1n) is 4.59. The van der Waals surface area contributed by atoms with Crippen LogP contribution < -0.4 is 4.74 Å². The van der Waals surface area contributed by atoms with Crippen LogP contribution in [0.1, 0.15) is 12.8 Å². The van der Waals surface area contributed by atoms with E-state index in [4.69, 9.17) is 9.47 Å². The van der Waals surface area contributed by atoms with Crippen molar-refractivity contribution in [3.8, 4) is 5.75 Å². The molecule has 0 saturated carbocycles. The normalized spacial score (nSPS) is 21.7. The van der Waals surface area contributed by atoms with Gasteiger partial charge in [-0.15, -0.1) is 0 Å². The van der Waals surface area contributed by atoms with Crippen molar-refractivity contribution in [2.45, 2.75) is 18.9 Å². The van der Waals surface area contributed by atoms with Crippen molar-refractivity contribution in [1.29, 1.82) is 0 Å². The number of hydrogen-bond donors (Lipinski definition) is 0. The Morgan fingerprint density at radius 3 is 3.00 bits per heavy atom. The number of hydrogen-bond acceptors (Lipinski definition) is 3. The maximum absolute atomic E-state index is 5.52. The molecule has 3 nitrogen and oxygen atoms in total. The Hall–Kier alpha value is -1.09. The predicted molar refractivity (Wildman–Crippen MR) is 48.7 cm³/mol. The monoisotopic (exact) mass is 179 g/mol. The molecule has 3 heteroatoms. The summed E-state index contributed by atoms with van der Waals surface area (Å²) < 4.78 is 11.0. The predicted octanol–water partition coefficient (Wildman–Crippen LogP) is 1.64. The molecule has 2 rings (SSSR count). The second-order valence-corrected chi connectivity index (χ2v) is 3.13. The number of aromatic nitrogens is 1. The van der Waals surface area contributed by atoms with Gasteiger partial charge in [-0.05, 0) is 25.0 Å². The third-order valence-corrected chi connectivity index (χ3v) is 2.11. The van der Waals surface area contributed by atoms with Gasteiger partial charge in [-0.2, -0.15) is 0 Å². The molecule has 13 heavy (non-hydrogen) atoms. The number of nitrogens with zero attached hydrogens (tertiary/aromatic N) is 1. The van der Waals surface area contributed by atoms with Crippen molar-refractivity contribution in [1.82, 2.24) is 4.98 Å². The summed E-state index contributed by atoms with van der Waals surface area (Å²) in [7, 11) is 0. The third-order valence-electron chi connectivity index (χ3n) is 2.11. The highest BCUT2D eigenvalue weighted by Gasteiger charge is 2.15. The molecule has 1 aliphatic rings. The third kappa shape index (κ3) is 2.42. The Bertz CT molecular complexity index is 244. The molecule has 2 heterocycles. The van der Waals surface area contributed by atoms with Gasteiger partial charge in [0, 0.05) is 19.0 Å². The summed E-state index contributed by atoms with van der Waals surface area (Å²) in [5, 5.41) is 0. The average Bonchev–Trinajstić information content (AvgIpc) is 2.69. The van der Waals surface area contributed by atoms with E-state index in [0.29, 0.717) is 6.61 Å². The number of rotatable bonds is 3. The fraction of sp³-hybridized carbons (Fsp3) is 0.500. The molecule has 0 spiro atoms. The zero-order valence-electron chi connectivity index (χ0n) is 7.48. The minimum Gasteiger partial charge on any atom is -0.491 e. The van der Waals surface area contributed by atoms with Gasteiger partial charge in [-0.1, -0.05) is 0 Å². The van der Waals surface area contributed by atoms with Crippen molar-refractivity contribution < 1.29 is 9.47 Å². The van der Waals surface area contributed by atoms with Crippen LogP contribution in [0.2, 0.25) is 0 Å². The Labute approximate surface area is 77.7 Å². The van der Waals surface area contributed by atoms with Crippen LogP contribution >= 0.6 is 0 Å². The lowest BCUT2D eigenvalue weighted by Crippen LogP contribution is -2.16. The molecule has 0 aliphatic carbocycles. The lowest BCUT2D eigenvalue weighted by atomic mass is 10.2. The van der Waals surface area contributed by atoms with Crippen LogP contribution in [-0.2, 0) is 4.74 Å². The second kappa shape index (κ2) is 4.23. The van der Waals surface area contributed by atoms with E-state index in [1.165, 1.54) is 0 Å². The van der Waals surface area contributed by atoms with Gasteiger partial charge in [0.25, 0.3) is 0 Å². The molecule has 0 N–H and O–H groups in total. The molecule has 70 valence electrons. The summed E-state index contributed by atoms with van der Waals surface area (Å²) in [4.78, 5) is 3.91. The van der Waals surface area contributed by atoms with Gasteiger partial charge in [0.05, 0.1) is 6.10 Å². The highest BCUT2D eigenvalue weighted by Crippen LogP contribution is 2.14. The van der Waals surface area contributed by atoms with Crippen LogP contribution in [0.3, 0.4) is 0 Å². The zero-order chi connectivity index (χ0) is 8.93. The van der Waals surface area contributed by atoms with Crippen molar-refractivity contribution in [3.63, 3.8) is 0 Å². The van der Waals surface area contributed by atoms with E-state index in [2.05, 4.69) is 4.98 Å². The summed E-state index contributed by atoms with van der Waals surface area (Å²) in [6.07, 6.45) is 6.01. The molecule has 1 unspecified atom stereocenters. The van der Waals surface area contributed by atoms with E-state index in [1.54, 1.807) is 12.4 Å². The minimum absolute atomic E-state index is 0.285. The van der Waals surface area contributed by atoms with Crippen molar-refractivity contribution >= 4 is 0 Å². The van der Waals surface area contributed by atoms with Crippen LogP contribution in [0.5, 0.6) is 5.75 Å². The summed E-state index contributed by atoms with van der Waals surface area (Å²) in [6.45, 7) is 1.54. The summed E-state index contributed by atoms with van der Waals surface area (Å²) in [5.41, 5.74) is 0. The Morgan fingerprint density at radius 2 is 2.31 bits per heavy atom. The summed E-state index contributed by atoms with van der Waals surface area (Å²) in [6, 6.07) is 3.71. The van der Waals surface area contributed by atoms with Gasteiger partial charge in [0.15, 0.2) is 0 Å². The number of ether oxygens (including phenoxy) is 2. The maximum Gasteiger partial charge on any atom is 0.122 e. The first-order valence-corrected chi connectivity index (χ1v) is 4.59. The molecule has 0 aromatic carbocycles. The van der Waals surface area contributed by atoms with Gasteiger partial charge in [-0.25, -0.2) is 0 Å². The molecule has 0 bridgehead atoms. The largest absolute Gasteiger partial charge is 0.491 e. The SMILES string of the molecule is c1cc(OCC2CCCO2)ccn1. The first-order chi connectivity index (χ1) is 6.45. The van der Waals surface area contributed by atoms with Crippen LogP contribution in [0.4, 0.5) is 0 Å². The molecule has 1 aliphatic heterocycles. The van der Waals surface area contributed by atoms with Gasteiger partial charge >= 0.3 is 0 Å². The van der Waals surface area contributed by atoms with E-state index in [1.807, 2.05) is 12.1 Å². The van der Waals surface area contributed by atoms with Gasteiger partial charge < -0.3 is 9.47 Å². The fourth-order valence-electron chi connectivity index (χ4n) is 1.40. The first kappa shape index (κ1) is 8.51. The van der Waals surface area contributed by atoms with Crippen molar-refractivity contribution in [2.75, 3.05) is 13.2 Å². The number of pyridine rings is 1. The Morgan fingerprint density at radius 1 is 1.46 bits per heavy atom. The minimum atomic E-state index is 0.285. The smallest absolute Gasteiger partial charge is 0.122 e. The molecule has 1 atom stereocenters. The summed E-state index contributed by atoms with van der Waals surface area (Å²) >= 11 is 0. The standard InChI is InChI=1S/C10H13NO2/c1-2-10(12-7-1)8-13-9-3-5-11-6-4-9/h3-6,10H,1-2,7-8H2. The van der Waals surface area contributed by atoms with E-state index >= 15 is 0 Å². The lowest BCUT2D eigenvalue weighted by Gasteiger charge is -2.10. The summed E-state index contributed by atoms with van der Waals surface area (Å²) in [5.74, 6) is 0.866. The van der Waals surface area contributed by atoms with Crippen molar-refractivity contribution in [2.24, 2.45) is 0 Å². The molecule has 1 aromatic rings. The van der Waals surface area contributed by atoms with E-state index in [9.17, 15) is 0 Å². The van der Waals surface area contributed by atoms with Crippen LogP contribution in [0.15, 0.2) is 24.5 Å². The molecule has 1 fully saturated rings. The van der Waals surface area contributed by atoms with Crippen LogP contribution in [-0.4, -0.2) is 24.3 Å². The lowest BCUT2D eigenvalue weighted by molar-refractivity contribution is 0.0679. The quantitative estimate of drug-likeness (QED) is 0.706. The zero-order valence-corrected chi connectivity index (χ0v) is 7.48. The topological polar surface area (TPSA) is 31.4 Å². The van der Waals surface area contributed by atoms with Gasteiger partial charge in [0.2, 0.25) is 0 Å². The molecule has 0 radical (unpaired) electrons. The van der Waals surface area contributed by atoms with E-state index in [-0.39, 0.29) is 6.10 Å². The maximum atomic E-state index is 5.52. The van der Waals surface area contributed by atoms with Crippen LogP contribution in [0, 0.1) is 0 Å². The molecular formula is C10H13NO2. The van der Waals surface area contributed by atoms with E-state index in [0.717, 1.165) is 25.2 Å². The van der Waals surface area contributed by atoms with E-state index < -0.39 is 0 Å². The molecule has 0 amide bonds. The Kier molecular flexibility index (Phi) is 2.77. The fourth-order valence-corrected chi connectivity index (χ4v) is 1.40. The molecule has 1 aromatic heterocycles. The second-order valence-electron chi connectivity index (χ2n) is 3.13. The van der Waals surface area contributed by atoms with Crippen LogP contribution in [0.25, 0.3) is 0 Å².